The first-order valence-electron chi connectivity index (χ1n) is 6.57. The molecule has 0 spiro atoms. The maximum atomic E-state index is 8.89. The second-order valence-corrected chi connectivity index (χ2v) is 4.11. The highest BCUT2D eigenvalue weighted by atomic mass is 16.5. The number of carboxylic acid groups (broad SMARTS) is 1. The normalized spacial score (nSPS) is 10.7. The number of nitrogens with zero attached hydrogens (tertiary/aromatic N) is 1. The second-order valence-electron chi connectivity index (χ2n) is 4.11. The predicted octanol–water partition coefficient (Wildman–Crippen LogP) is 0.282. The fraction of sp³-hybridized carbons (Fsp3) is 0.923. The lowest BCUT2D eigenvalue weighted by Gasteiger charge is -2.35. The predicted molar refractivity (Wildman–Crippen MR) is 70.1 cm³/mol. The van der Waals surface area contributed by atoms with Crippen molar-refractivity contribution in [2.75, 3.05) is 53.1 Å². The molecule has 110 valence electrons. The molecule has 0 atom stereocenters. The summed E-state index contributed by atoms with van der Waals surface area (Å²) in [5.41, 5.74) is 0. The molecule has 0 heterocycles. The minimum Gasteiger partial charge on any atom is -0.550 e. The molecule has 0 rings (SSSR count). The van der Waals surface area contributed by atoms with Gasteiger partial charge in [-0.15, -0.1) is 0 Å². The summed E-state index contributed by atoms with van der Waals surface area (Å²) in [4.78, 5) is 8.89. The lowest BCUT2D eigenvalue weighted by molar-refractivity contribution is -0.923. The number of methoxy groups -OCH3 is 1. The van der Waals surface area contributed by atoms with Crippen molar-refractivity contribution in [1.29, 1.82) is 0 Å². The molecule has 0 saturated carbocycles. The van der Waals surface area contributed by atoms with Gasteiger partial charge in [-0.3, -0.25) is 0 Å². The van der Waals surface area contributed by atoms with Crippen molar-refractivity contribution in [3.8, 4) is 0 Å². The van der Waals surface area contributed by atoms with E-state index in [9.17, 15) is 0 Å². The molecule has 18 heavy (non-hydrogen) atoms. The largest absolute Gasteiger partial charge is 0.550 e. The van der Waals surface area contributed by atoms with Crippen LogP contribution in [-0.2, 0) is 14.3 Å². The zero-order valence-electron chi connectivity index (χ0n) is 12.5. The average molecular weight is 263 g/mol. The van der Waals surface area contributed by atoms with Gasteiger partial charge in [0.15, 0.2) is 0 Å². The monoisotopic (exact) mass is 263 g/mol. The SMILES string of the molecule is CC(=O)[O-].CC[N+](CC)(CC)CCOCCOC. The first kappa shape index (κ1) is 19.7. The van der Waals surface area contributed by atoms with Crippen LogP contribution in [0.3, 0.4) is 0 Å². The molecule has 0 bridgehead atoms. The van der Waals surface area contributed by atoms with Gasteiger partial charge in [-0.1, -0.05) is 0 Å². The third-order valence-corrected chi connectivity index (χ3v) is 3.15. The molecule has 5 heteroatoms. The number of likely N-dealkylation sites (N-methyl/N-ethyl adjacent to an activating group) is 1. The van der Waals surface area contributed by atoms with Gasteiger partial charge < -0.3 is 23.9 Å². The van der Waals surface area contributed by atoms with Crippen molar-refractivity contribution in [1.82, 2.24) is 0 Å². The molecule has 0 aromatic heterocycles. The molecular formula is C13H29NO4. The number of quaternary nitrogens is 1. The van der Waals surface area contributed by atoms with Gasteiger partial charge in [0.2, 0.25) is 0 Å². The minimum absolute atomic E-state index is 0.699. The third-order valence-electron chi connectivity index (χ3n) is 3.15. The van der Waals surface area contributed by atoms with Crippen LogP contribution >= 0.6 is 0 Å². The van der Waals surface area contributed by atoms with Gasteiger partial charge in [-0.25, -0.2) is 0 Å². The van der Waals surface area contributed by atoms with E-state index < -0.39 is 5.97 Å². The second kappa shape index (κ2) is 12.8. The number of rotatable bonds is 9. The molecule has 5 nitrogen and oxygen atoms in total. The molecule has 0 aliphatic rings. The van der Waals surface area contributed by atoms with Crippen LogP contribution in [0, 0.1) is 0 Å². The fourth-order valence-electron chi connectivity index (χ4n) is 1.65. The van der Waals surface area contributed by atoms with Crippen molar-refractivity contribution in [3.05, 3.63) is 0 Å². The maximum absolute atomic E-state index is 8.89. The minimum atomic E-state index is -1.08. The van der Waals surface area contributed by atoms with Crippen LogP contribution in [0.4, 0.5) is 0 Å². The number of ether oxygens (including phenoxy) is 2. The quantitative estimate of drug-likeness (QED) is 0.443. The highest BCUT2D eigenvalue weighted by Gasteiger charge is 2.19. The summed E-state index contributed by atoms with van der Waals surface area (Å²) in [5, 5.41) is 8.89. The number of carbonyl (C=O) groups is 1. The summed E-state index contributed by atoms with van der Waals surface area (Å²) in [6.07, 6.45) is 0. The molecule has 0 fully saturated rings. The molecule has 0 amide bonds. The van der Waals surface area contributed by atoms with E-state index in [0.717, 1.165) is 24.6 Å². The van der Waals surface area contributed by atoms with Crippen molar-refractivity contribution in [2.45, 2.75) is 27.7 Å². The molecule has 0 radical (unpaired) electrons. The van der Waals surface area contributed by atoms with E-state index in [4.69, 9.17) is 19.4 Å². The number of carbonyl (C=O) groups excluding carboxylic acids is 1. The topological polar surface area (TPSA) is 58.6 Å². The molecule has 0 N–H and O–H groups in total. The zero-order chi connectivity index (χ0) is 14.4. The molecule has 0 saturated heterocycles. The van der Waals surface area contributed by atoms with Crippen molar-refractivity contribution in [2.24, 2.45) is 0 Å². The summed E-state index contributed by atoms with van der Waals surface area (Å²) < 4.78 is 11.6. The van der Waals surface area contributed by atoms with Crippen molar-refractivity contribution >= 4 is 5.97 Å². The highest BCUT2D eigenvalue weighted by molar-refractivity contribution is 5.60. The zero-order valence-corrected chi connectivity index (χ0v) is 12.5. The Morgan fingerprint density at radius 1 is 1.06 bits per heavy atom. The van der Waals surface area contributed by atoms with E-state index in [1.165, 1.54) is 19.6 Å². The Hall–Kier alpha value is -0.650. The van der Waals surface area contributed by atoms with E-state index in [2.05, 4.69) is 20.8 Å². The Morgan fingerprint density at radius 2 is 1.50 bits per heavy atom. The summed E-state index contributed by atoms with van der Waals surface area (Å²) in [6.45, 7) is 14.7. The van der Waals surface area contributed by atoms with E-state index >= 15 is 0 Å². The molecule has 0 aromatic carbocycles. The van der Waals surface area contributed by atoms with Gasteiger partial charge in [0.25, 0.3) is 0 Å². The van der Waals surface area contributed by atoms with Crippen LogP contribution in [0.25, 0.3) is 0 Å². The summed E-state index contributed by atoms with van der Waals surface area (Å²) in [7, 11) is 1.70. The standard InChI is InChI=1S/C11H26NO2.C2H4O2/c1-5-12(6-2,7-3)8-9-14-11-10-13-4;1-2(3)4/h5-11H2,1-4H3;1H3,(H,3,4)/q+1;/p-1. The molecular weight excluding hydrogens is 234 g/mol. The van der Waals surface area contributed by atoms with Crippen molar-refractivity contribution < 1.29 is 23.9 Å². The van der Waals surface area contributed by atoms with Crippen LogP contribution in [0.2, 0.25) is 0 Å². The summed E-state index contributed by atoms with van der Waals surface area (Å²) in [6, 6.07) is 0. The number of hydrogen-bond acceptors (Lipinski definition) is 4. The Labute approximate surface area is 111 Å². The summed E-state index contributed by atoms with van der Waals surface area (Å²) in [5.74, 6) is -1.08. The Bertz CT molecular complexity index is 181. The van der Waals surface area contributed by atoms with Gasteiger partial charge in [0.1, 0.15) is 6.54 Å². The van der Waals surface area contributed by atoms with Gasteiger partial charge in [-0.2, -0.15) is 0 Å². The van der Waals surface area contributed by atoms with Gasteiger partial charge in [-0.05, 0) is 27.7 Å². The molecule has 0 unspecified atom stereocenters. The highest BCUT2D eigenvalue weighted by Crippen LogP contribution is 2.04. The summed E-state index contributed by atoms with van der Waals surface area (Å²) >= 11 is 0. The van der Waals surface area contributed by atoms with Gasteiger partial charge >= 0.3 is 0 Å². The number of aliphatic carboxylic acids is 1. The van der Waals surface area contributed by atoms with Crippen molar-refractivity contribution in [3.63, 3.8) is 0 Å². The van der Waals surface area contributed by atoms with Crippen LogP contribution in [0.15, 0.2) is 0 Å². The molecule has 0 aliphatic carbocycles. The van der Waals surface area contributed by atoms with Gasteiger partial charge in [0, 0.05) is 13.1 Å². The van der Waals surface area contributed by atoms with Gasteiger partial charge in [0.05, 0.1) is 39.5 Å². The van der Waals surface area contributed by atoms with E-state index in [1.54, 1.807) is 7.11 Å². The maximum Gasteiger partial charge on any atom is 0.102 e. The van der Waals surface area contributed by atoms with E-state index in [1.807, 2.05) is 0 Å². The molecule has 0 aliphatic heterocycles. The fourth-order valence-corrected chi connectivity index (χ4v) is 1.65. The Balaban J connectivity index is 0. The number of carboxylic acids is 1. The van der Waals surface area contributed by atoms with Crippen LogP contribution in [0.1, 0.15) is 27.7 Å². The Morgan fingerprint density at radius 3 is 1.83 bits per heavy atom. The van der Waals surface area contributed by atoms with Crippen LogP contribution in [-0.4, -0.2) is 63.6 Å². The lowest BCUT2D eigenvalue weighted by atomic mass is 10.3. The van der Waals surface area contributed by atoms with Crippen LogP contribution in [0.5, 0.6) is 0 Å². The molecule has 0 aromatic rings. The Kier molecular flexibility index (Phi) is 14.0. The lowest BCUT2D eigenvalue weighted by Crippen LogP contribution is -2.49. The van der Waals surface area contributed by atoms with Crippen LogP contribution < -0.4 is 5.11 Å². The smallest absolute Gasteiger partial charge is 0.102 e. The first-order chi connectivity index (χ1) is 8.47. The van der Waals surface area contributed by atoms with E-state index in [-0.39, 0.29) is 0 Å². The third kappa shape index (κ3) is 11.8. The first-order valence-corrected chi connectivity index (χ1v) is 6.57. The van der Waals surface area contributed by atoms with E-state index in [0.29, 0.717) is 13.2 Å². The average Bonchev–Trinajstić information content (AvgIpc) is 2.34. The number of hydrogen-bond donors (Lipinski definition) is 0.